The van der Waals surface area contributed by atoms with Gasteiger partial charge in [0.25, 0.3) is 0 Å². The summed E-state index contributed by atoms with van der Waals surface area (Å²) in [6, 6.07) is 7.66. The van der Waals surface area contributed by atoms with E-state index in [0.29, 0.717) is 19.8 Å². The Bertz CT molecular complexity index is 382. The van der Waals surface area contributed by atoms with Crippen LogP contribution in [-0.4, -0.2) is 62.2 Å². The summed E-state index contributed by atoms with van der Waals surface area (Å²) in [6.07, 6.45) is -0.0609. The van der Waals surface area contributed by atoms with E-state index in [-0.39, 0.29) is 12.7 Å². The van der Waals surface area contributed by atoms with Crippen molar-refractivity contribution in [3.05, 3.63) is 24.3 Å². The molecule has 1 saturated heterocycles. The number of morpholine rings is 1. The Balaban J connectivity index is 1.69. The monoisotopic (exact) mass is 281 g/mol. The van der Waals surface area contributed by atoms with Crippen molar-refractivity contribution in [3.8, 4) is 11.5 Å². The van der Waals surface area contributed by atoms with Gasteiger partial charge in [-0.2, -0.15) is 0 Å². The largest absolute Gasteiger partial charge is 0.494 e. The van der Waals surface area contributed by atoms with E-state index in [2.05, 4.69) is 4.90 Å². The fraction of sp³-hybridized carbons (Fsp3) is 0.600. The van der Waals surface area contributed by atoms with Crippen LogP contribution in [0.1, 0.15) is 6.92 Å². The number of ether oxygens (including phenoxy) is 3. The smallest absolute Gasteiger partial charge is 0.119 e. The van der Waals surface area contributed by atoms with E-state index in [1.165, 1.54) is 0 Å². The molecule has 0 aliphatic carbocycles. The van der Waals surface area contributed by atoms with Crippen LogP contribution in [0.5, 0.6) is 11.5 Å². The highest BCUT2D eigenvalue weighted by atomic mass is 16.5. The van der Waals surface area contributed by atoms with Crippen molar-refractivity contribution < 1.29 is 19.3 Å². The Hall–Kier alpha value is -1.30. The first-order chi connectivity index (χ1) is 9.81. The lowest BCUT2D eigenvalue weighted by molar-refractivity contribution is -0.0547. The maximum Gasteiger partial charge on any atom is 0.119 e. The van der Waals surface area contributed by atoms with Crippen LogP contribution in [0.15, 0.2) is 24.3 Å². The van der Waals surface area contributed by atoms with Crippen LogP contribution >= 0.6 is 0 Å². The molecule has 2 rings (SSSR count). The first kappa shape index (κ1) is 15.1. The summed E-state index contributed by atoms with van der Waals surface area (Å²) >= 11 is 0. The second-order valence-corrected chi connectivity index (χ2v) is 4.73. The predicted octanol–water partition coefficient (Wildman–Crippen LogP) is 1.16. The molecule has 0 radical (unpaired) electrons. The standard InChI is InChI=1S/C15H23NO4/c1-2-18-13-3-5-14(6-4-13)19-9-7-16-8-10-20-15(11-16)12-17/h3-6,15,17H,2,7-12H2,1H3. The maximum absolute atomic E-state index is 9.09. The van der Waals surface area contributed by atoms with Crippen LogP contribution in [0.25, 0.3) is 0 Å². The molecule has 0 saturated carbocycles. The molecule has 5 heteroatoms. The Morgan fingerprint density at radius 1 is 1.25 bits per heavy atom. The van der Waals surface area contributed by atoms with Gasteiger partial charge in [0.15, 0.2) is 0 Å². The predicted molar refractivity (Wildman–Crippen MR) is 76.4 cm³/mol. The quantitative estimate of drug-likeness (QED) is 0.813. The molecule has 1 N–H and O–H groups in total. The summed E-state index contributed by atoms with van der Waals surface area (Å²) < 4.78 is 16.5. The maximum atomic E-state index is 9.09. The van der Waals surface area contributed by atoms with Crippen LogP contribution in [-0.2, 0) is 4.74 Å². The summed E-state index contributed by atoms with van der Waals surface area (Å²) in [7, 11) is 0. The number of aliphatic hydroxyl groups excluding tert-OH is 1. The van der Waals surface area contributed by atoms with Crippen molar-refractivity contribution in [1.29, 1.82) is 0 Å². The van der Waals surface area contributed by atoms with E-state index in [1.807, 2.05) is 31.2 Å². The van der Waals surface area contributed by atoms with Crippen molar-refractivity contribution in [3.63, 3.8) is 0 Å². The van der Waals surface area contributed by atoms with Gasteiger partial charge in [0.2, 0.25) is 0 Å². The molecule has 1 aromatic rings. The molecular formula is C15H23NO4. The minimum Gasteiger partial charge on any atom is -0.494 e. The molecule has 1 atom stereocenters. The van der Waals surface area contributed by atoms with E-state index in [0.717, 1.165) is 31.1 Å². The van der Waals surface area contributed by atoms with Crippen LogP contribution < -0.4 is 9.47 Å². The number of hydrogen-bond donors (Lipinski definition) is 1. The van der Waals surface area contributed by atoms with Gasteiger partial charge in [-0.05, 0) is 31.2 Å². The molecule has 1 unspecified atom stereocenters. The highest BCUT2D eigenvalue weighted by Gasteiger charge is 2.19. The van der Waals surface area contributed by atoms with Gasteiger partial charge < -0.3 is 19.3 Å². The number of rotatable bonds is 7. The van der Waals surface area contributed by atoms with Gasteiger partial charge in [-0.25, -0.2) is 0 Å². The van der Waals surface area contributed by atoms with Gasteiger partial charge >= 0.3 is 0 Å². The van der Waals surface area contributed by atoms with Crippen LogP contribution in [0.3, 0.4) is 0 Å². The summed E-state index contributed by atoms with van der Waals surface area (Å²) in [5.41, 5.74) is 0. The molecule has 0 aromatic heterocycles. The molecule has 1 aliphatic rings. The van der Waals surface area contributed by atoms with Gasteiger partial charge in [-0.3, -0.25) is 4.90 Å². The third-order valence-corrected chi connectivity index (χ3v) is 3.24. The first-order valence-electron chi connectivity index (χ1n) is 7.12. The van der Waals surface area contributed by atoms with Crippen molar-refractivity contribution in [1.82, 2.24) is 4.90 Å². The molecule has 112 valence electrons. The Morgan fingerprint density at radius 2 is 1.95 bits per heavy atom. The Kier molecular flexibility index (Phi) is 6.11. The highest BCUT2D eigenvalue weighted by Crippen LogP contribution is 2.17. The highest BCUT2D eigenvalue weighted by molar-refractivity contribution is 5.31. The van der Waals surface area contributed by atoms with Crippen molar-refractivity contribution in [2.24, 2.45) is 0 Å². The van der Waals surface area contributed by atoms with Gasteiger partial charge in [0.05, 0.1) is 25.9 Å². The molecule has 5 nitrogen and oxygen atoms in total. The van der Waals surface area contributed by atoms with E-state index < -0.39 is 0 Å². The van der Waals surface area contributed by atoms with Gasteiger partial charge in [0, 0.05) is 19.6 Å². The lowest BCUT2D eigenvalue weighted by Crippen LogP contribution is -2.45. The van der Waals surface area contributed by atoms with E-state index >= 15 is 0 Å². The molecule has 1 aromatic carbocycles. The van der Waals surface area contributed by atoms with E-state index in [9.17, 15) is 0 Å². The zero-order valence-corrected chi connectivity index (χ0v) is 12.0. The van der Waals surface area contributed by atoms with Crippen molar-refractivity contribution in [2.45, 2.75) is 13.0 Å². The molecule has 0 bridgehead atoms. The van der Waals surface area contributed by atoms with Gasteiger partial charge in [-0.1, -0.05) is 0 Å². The molecule has 20 heavy (non-hydrogen) atoms. The first-order valence-corrected chi connectivity index (χ1v) is 7.12. The molecule has 1 heterocycles. The summed E-state index contributed by atoms with van der Waals surface area (Å²) in [5, 5.41) is 9.09. The van der Waals surface area contributed by atoms with Gasteiger partial charge in [0.1, 0.15) is 18.1 Å². The second-order valence-electron chi connectivity index (χ2n) is 4.73. The molecular weight excluding hydrogens is 258 g/mol. The van der Waals surface area contributed by atoms with Crippen molar-refractivity contribution in [2.75, 3.05) is 46.1 Å². The minimum absolute atomic E-state index is 0.0609. The number of nitrogens with zero attached hydrogens (tertiary/aromatic N) is 1. The average Bonchev–Trinajstić information content (AvgIpc) is 2.50. The normalized spacial score (nSPS) is 19.8. The summed E-state index contributed by atoms with van der Waals surface area (Å²) in [4.78, 5) is 2.25. The van der Waals surface area contributed by atoms with E-state index in [1.54, 1.807) is 0 Å². The summed E-state index contributed by atoms with van der Waals surface area (Å²) in [6.45, 7) is 6.52. The van der Waals surface area contributed by atoms with Crippen LogP contribution in [0, 0.1) is 0 Å². The lowest BCUT2D eigenvalue weighted by atomic mass is 10.3. The molecule has 1 fully saturated rings. The third kappa shape index (κ3) is 4.67. The Morgan fingerprint density at radius 3 is 2.60 bits per heavy atom. The second kappa shape index (κ2) is 8.09. The van der Waals surface area contributed by atoms with Crippen LogP contribution in [0.2, 0.25) is 0 Å². The minimum atomic E-state index is -0.0609. The molecule has 0 spiro atoms. The topological polar surface area (TPSA) is 51.2 Å². The fourth-order valence-electron chi connectivity index (χ4n) is 2.19. The van der Waals surface area contributed by atoms with Gasteiger partial charge in [-0.15, -0.1) is 0 Å². The average molecular weight is 281 g/mol. The zero-order valence-electron chi connectivity index (χ0n) is 12.0. The number of benzene rings is 1. The lowest BCUT2D eigenvalue weighted by Gasteiger charge is -2.31. The van der Waals surface area contributed by atoms with E-state index in [4.69, 9.17) is 19.3 Å². The molecule has 0 amide bonds. The van der Waals surface area contributed by atoms with Crippen molar-refractivity contribution >= 4 is 0 Å². The Labute approximate surface area is 120 Å². The van der Waals surface area contributed by atoms with Crippen LogP contribution in [0.4, 0.5) is 0 Å². The number of aliphatic hydroxyl groups is 1. The fourth-order valence-corrected chi connectivity index (χ4v) is 2.19. The molecule has 1 aliphatic heterocycles. The SMILES string of the molecule is CCOc1ccc(OCCN2CCOC(CO)C2)cc1. The zero-order chi connectivity index (χ0) is 14.2. The third-order valence-electron chi connectivity index (χ3n) is 3.24. The summed E-state index contributed by atoms with van der Waals surface area (Å²) in [5.74, 6) is 1.71. The number of hydrogen-bond acceptors (Lipinski definition) is 5.